The molecule has 2 unspecified atom stereocenters. The zero-order valence-electron chi connectivity index (χ0n) is 7.80. The molecule has 0 amide bonds. The minimum atomic E-state index is 0.147. The van der Waals surface area contributed by atoms with Crippen LogP contribution in [0.3, 0.4) is 0 Å². The summed E-state index contributed by atoms with van der Waals surface area (Å²) < 4.78 is 0. The minimum Gasteiger partial charge on any atom is -0.259 e. The van der Waals surface area contributed by atoms with Gasteiger partial charge in [0, 0.05) is 23.2 Å². The lowest BCUT2D eigenvalue weighted by molar-refractivity contribution is 0.657. The zero-order chi connectivity index (χ0) is 9.84. The highest BCUT2D eigenvalue weighted by Gasteiger charge is 2.15. The van der Waals surface area contributed by atoms with Gasteiger partial charge in [0.15, 0.2) is 0 Å². The van der Waals surface area contributed by atoms with E-state index in [9.17, 15) is 0 Å². The average Bonchev–Trinajstić information content (AvgIpc) is 2.17. The van der Waals surface area contributed by atoms with Crippen LogP contribution in [0.15, 0.2) is 18.3 Å². The summed E-state index contributed by atoms with van der Waals surface area (Å²) in [5.74, 6) is 0.281. The van der Waals surface area contributed by atoms with Gasteiger partial charge < -0.3 is 0 Å². The Bertz CT molecular complexity index is 258. The Labute approximate surface area is 89.1 Å². The molecule has 0 N–H and O–H groups in total. The number of alkyl halides is 1. The van der Waals surface area contributed by atoms with E-state index in [1.165, 1.54) is 0 Å². The van der Waals surface area contributed by atoms with E-state index in [1.807, 2.05) is 12.1 Å². The fraction of sp³-hybridized carbons (Fsp3) is 0.500. The standard InChI is InChI=1S/C10H13Cl2N/c1-3-9(12)7(2)10-5-4-8(11)6-13-10/h4-7,9H,3H2,1-2H3. The normalized spacial score (nSPS) is 15.4. The van der Waals surface area contributed by atoms with E-state index in [4.69, 9.17) is 23.2 Å². The molecule has 0 saturated heterocycles. The van der Waals surface area contributed by atoms with Gasteiger partial charge in [-0.3, -0.25) is 4.98 Å². The molecule has 1 heterocycles. The third kappa shape index (κ3) is 2.85. The van der Waals surface area contributed by atoms with E-state index in [1.54, 1.807) is 6.20 Å². The number of halogens is 2. The van der Waals surface area contributed by atoms with E-state index in [-0.39, 0.29) is 11.3 Å². The van der Waals surface area contributed by atoms with Crippen molar-refractivity contribution in [1.82, 2.24) is 4.98 Å². The van der Waals surface area contributed by atoms with Gasteiger partial charge >= 0.3 is 0 Å². The molecule has 3 heteroatoms. The molecule has 0 bridgehead atoms. The first-order valence-electron chi connectivity index (χ1n) is 4.40. The molecule has 2 atom stereocenters. The van der Waals surface area contributed by atoms with Gasteiger partial charge in [0.05, 0.1) is 5.02 Å². The second-order valence-electron chi connectivity index (χ2n) is 3.11. The number of hydrogen-bond acceptors (Lipinski definition) is 1. The summed E-state index contributed by atoms with van der Waals surface area (Å²) in [6.45, 7) is 4.15. The van der Waals surface area contributed by atoms with Gasteiger partial charge in [-0.2, -0.15) is 0 Å². The predicted octanol–water partition coefficient (Wildman–Crippen LogP) is 3.86. The minimum absolute atomic E-state index is 0.147. The van der Waals surface area contributed by atoms with Crippen molar-refractivity contribution in [1.29, 1.82) is 0 Å². The summed E-state index contributed by atoms with van der Waals surface area (Å²) in [5.41, 5.74) is 1.01. The quantitative estimate of drug-likeness (QED) is 0.702. The van der Waals surface area contributed by atoms with Gasteiger partial charge in [-0.25, -0.2) is 0 Å². The molecule has 0 radical (unpaired) electrons. The van der Waals surface area contributed by atoms with Crippen LogP contribution in [-0.2, 0) is 0 Å². The molecule has 0 aliphatic heterocycles. The van der Waals surface area contributed by atoms with Crippen LogP contribution in [0.2, 0.25) is 5.02 Å². The molecule has 0 fully saturated rings. The van der Waals surface area contributed by atoms with Crippen LogP contribution in [0, 0.1) is 0 Å². The summed E-state index contributed by atoms with van der Waals surface area (Å²) in [5, 5.41) is 0.812. The van der Waals surface area contributed by atoms with Crippen LogP contribution in [0.4, 0.5) is 0 Å². The maximum Gasteiger partial charge on any atom is 0.0589 e. The molecule has 0 spiro atoms. The van der Waals surface area contributed by atoms with Crippen molar-refractivity contribution in [2.75, 3.05) is 0 Å². The largest absolute Gasteiger partial charge is 0.259 e. The van der Waals surface area contributed by atoms with E-state index in [0.29, 0.717) is 5.02 Å². The molecule has 0 aromatic carbocycles. The highest BCUT2D eigenvalue weighted by atomic mass is 35.5. The molecule has 0 aliphatic rings. The Kier molecular flexibility index (Phi) is 4.01. The van der Waals surface area contributed by atoms with Crippen molar-refractivity contribution in [3.05, 3.63) is 29.0 Å². The van der Waals surface area contributed by atoms with Crippen LogP contribution in [0.1, 0.15) is 31.9 Å². The smallest absolute Gasteiger partial charge is 0.0589 e. The fourth-order valence-corrected chi connectivity index (χ4v) is 1.44. The summed E-state index contributed by atoms with van der Waals surface area (Å²) in [7, 11) is 0. The summed E-state index contributed by atoms with van der Waals surface area (Å²) in [6, 6.07) is 3.78. The van der Waals surface area contributed by atoms with Crippen LogP contribution >= 0.6 is 23.2 Å². The highest BCUT2D eigenvalue weighted by Crippen LogP contribution is 2.24. The second-order valence-corrected chi connectivity index (χ2v) is 4.11. The topological polar surface area (TPSA) is 12.9 Å². The molecule has 1 aromatic rings. The predicted molar refractivity (Wildman–Crippen MR) is 57.6 cm³/mol. The lowest BCUT2D eigenvalue weighted by atomic mass is 10.0. The van der Waals surface area contributed by atoms with Crippen LogP contribution < -0.4 is 0 Å². The number of rotatable bonds is 3. The van der Waals surface area contributed by atoms with E-state index in [0.717, 1.165) is 12.1 Å². The molecular weight excluding hydrogens is 205 g/mol. The Morgan fingerprint density at radius 2 is 2.15 bits per heavy atom. The Hall–Kier alpha value is -0.270. The average molecular weight is 218 g/mol. The van der Waals surface area contributed by atoms with E-state index >= 15 is 0 Å². The van der Waals surface area contributed by atoms with Crippen molar-refractivity contribution in [2.24, 2.45) is 0 Å². The number of pyridine rings is 1. The van der Waals surface area contributed by atoms with Gasteiger partial charge in [0.2, 0.25) is 0 Å². The highest BCUT2D eigenvalue weighted by molar-refractivity contribution is 6.30. The SMILES string of the molecule is CCC(Cl)C(C)c1ccc(Cl)cn1. The van der Waals surface area contributed by atoms with Crippen molar-refractivity contribution in [3.63, 3.8) is 0 Å². The lowest BCUT2D eigenvalue weighted by Gasteiger charge is -2.15. The number of hydrogen-bond donors (Lipinski definition) is 0. The number of nitrogens with zero attached hydrogens (tertiary/aromatic N) is 1. The van der Waals surface area contributed by atoms with Gasteiger partial charge in [-0.1, -0.05) is 25.4 Å². The van der Waals surface area contributed by atoms with Crippen LogP contribution in [-0.4, -0.2) is 10.4 Å². The first kappa shape index (κ1) is 10.8. The van der Waals surface area contributed by atoms with Gasteiger partial charge in [0.25, 0.3) is 0 Å². The second kappa shape index (κ2) is 4.83. The maximum atomic E-state index is 6.12. The molecule has 13 heavy (non-hydrogen) atoms. The molecule has 0 aliphatic carbocycles. The monoisotopic (exact) mass is 217 g/mol. The summed E-state index contributed by atoms with van der Waals surface area (Å²) in [6.07, 6.45) is 2.61. The van der Waals surface area contributed by atoms with Gasteiger partial charge in [-0.05, 0) is 18.6 Å². The van der Waals surface area contributed by atoms with Crippen molar-refractivity contribution >= 4 is 23.2 Å². The Balaban J connectivity index is 2.77. The third-order valence-corrected chi connectivity index (χ3v) is 3.06. The molecular formula is C10H13Cl2N. The van der Waals surface area contributed by atoms with Gasteiger partial charge in [-0.15, -0.1) is 11.6 Å². The Morgan fingerprint density at radius 1 is 1.46 bits per heavy atom. The van der Waals surface area contributed by atoms with E-state index in [2.05, 4.69) is 18.8 Å². The zero-order valence-corrected chi connectivity index (χ0v) is 9.31. The van der Waals surface area contributed by atoms with E-state index < -0.39 is 0 Å². The van der Waals surface area contributed by atoms with Crippen molar-refractivity contribution in [2.45, 2.75) is 31.6 Å². The molecule has 72 valence electrons. The third-order valence-electron chi connectivity index (χ3n) is 2.15. The van der Waals surface area contributed by atoms with Gasteiger partial charge in [0.1, 0.15) is 0 Å². The Morgan fingerprint density at radius 3 is 2.62 bits per heavy atom. The first-order valence-corrected chi connectivity index (χ1v) is 5.22. The van der Waals surface area contributed by atoms with Crippen LogP contribution in [0.5, 0.6) is 0 Å². The summed E-state index contributed by atoms with van der Waals surface area (Å²) >= 11 is 11.9. The van der Waals surface area contributed by atoms with Crippen LogP contribution in [0.25, 0.3) is 0 Å². The van der Waals surface area contributed by atoms with Crippen molar-refractivity contribution in [3.8, 4) is 0 Å². The lowest BCUT2D eigenvalue weighted by Crippen LogP contribution is -2.09. The molecule has 0 saturated carbocycles. The fourth-order valence-electron chi connectivity index (χ4n) is 1.20. The summed E-state index contributed by atoms with van der Waals surface area (Å²) in [4.78, 5) is 4.23. The first-order chi connectivity index (χ1) is 6.15. The molecule has 1 rings (SSSR count). The van der Waals surface area contributed by atoms with Crippen molar-refractivity contribution < 1.29 is 0 Å². The number of aromatic nitrogens is 1. The molecule has 1 aromatic heterocycles. The molecule has 1 nitrogen and oxygen atoms in total. The maximum absolute atomic E-state index is 6.12.